The van der Waals surface area contributed by atoms with Gasteiger partial charge in [-0.25, -0.2) is 0 Å². The summed E-state index contributed by atoms with van der Waals surface area (Å²) >= 11 is 0. The number of nitrogens with one attached hydrogen (secondary N) is 2. The van der Waals surface area contributed by atoms with E-state index in [2.05, 4.69) is 15.6 Å². The largest absolute Gasteiger partial charge is 0.483 e. The van der Waals surface area contributed by atoms with Gasteiger partial charge in [0.05, 0.1) is 11.6 Å². The van der Waals surface area contributed by atoms with Crippen LogP contribution < -0.4 is 10.6 Å². The number of rotatable bonds is 4. The molecular weight excluding hydrogens is 386 g/mol. The van der Waals surface area contributed by atoms with Gasteiger partial charge in [-0.15, -0.1) is 0 Å². The SMILES string of the molecule is O=C1CO[C@H](C(=O)NCc2ccnc3ccccc23)[C@@H](c2ccccc2)N1.O=CO. The number of amides is 2. The van der Waals surface area contributed by atoms with Crippen molar-refractivity contribution in [3.8, 4) is 0 Å². The predicted octanol–water partition coefficient (Wildman–Crippen LogP) is 1.81. The Morgan fingerprint density at radius 1 is 1.17 bits per heavy atom. The van der Waals surface area contributed by atoms with Crippen LogP contribution in [0.25, 0.3) is 10.9 Å². The maximum atomic E-state index is 12.8. The van der Waals surface area contributed by atoms with Crippen molar-refractivity contribution < 1.29 is 24.2 Å². The highest BCUT2D eigenvalue weighted by Crippen LogP contribution is 2.23. The van der Waals surface area contributed by atoms with Gasteiger partial charge in [0.2, 0.25) is 5.91 Å². The third-order valence-electron chi connectivity index (χ3n) is 4.62. The van der Waals surface area contributed by atoms with Crippen molar-refractivity contribution in [2.45, 2.75) is 18.7 Å². The molecule has 1 aromatic heterocycles. The zero-order valence-electron chi connectivity index (χ0n) is 16.0. The summed E-state index contributed by atoms with van der Waals surface area (Å²) < 4.78 is 5.56. The average molecular weight is 407 g/mol. The van der Waals surface area contributed by atoms with E-state index >= 15 is 0 Å². The molecule has 1 aliphatic heterocycles. The number of hydrogen-bond acceptors (Lipinski definition) is 5. The number of para-hydroxylation sites is 1. The molecule has 1 aliphatic rings. The van der Waals surface area contributed by atoms with E-state index in [-0.39, 0.29) is 24.9 Å². The molecule has 8 heteroatoms. The highest BCUT2D eigenvalue weighted by molar-refractivity contribution is 5.87. The Labute approximate surface area is 172 Å². The first-order valence-electron chi connectivity index (χ1n) is 9.28. The maximum absolute atomic E-state index is 12.8. The Hall–Kier alpha value is -3.78. The zero-order chi connectivity index (χ0) is 21.3. The smallest absolute Gasteiger partial charge is 0.290 e. The number of nitrogens with zero attached hydrogens (tertiary/aromatic N) is 1. The summed E-state index contributed by atoms with van der Waals surface area (Å²) in [6.45, 7) is -0.0171. The number of morpholine rings is 1. The van der Waals surface area contributed by atoms with Crippen LogP contribution >= 0.6 is 0 Å². The molecule has 2 atom stereocenters. The number of hydrogen-bond donors (Lipinski definition) is 3. The number of carbonyl (C=O) groups excluding carboxylic acids is 2. The van der Waals surface area contributed by atoms with Crippen LogP contribution in [0.3, 0.4) is 0 Å². The van der Waals surface area contributed by atoms with Crippen LogP contribution in [0.5, 0.6) is 0 Å². The minimum atomic E-state index is -0.779. The lowest BCUT2D eigenvalue weighted by molar-refractivity contribution is -0.148. The van der Waals surface area contributed by atoms with Gasteiger partial charge < -0.3 is 20.5 Å². The second-order valence-corrected chi connectivity index (χ2v) is 6.50. The molecule has 0 spiro atoms. The molecule has 4 rings (SSSR count). The monoisotopic (exact) mass is 407 g/mol. The van der Waals surface area contributed by atoms with Crippen LogP contribution in [0.2, 0.25) is 0 Å². The van der Waals surface area contributed by atoms with Crippen molar-refractivity contribution in [1.29, 1.82) is 0 Å². The molecular formula is C22H21N3O5. The van der Waals surface area contributed by atoms with E-state index in [0.29, 0.717) is 6.54 Å². The molecule has 3 aromatic rings. The van der Waals surface area contributed by atoms with E-state index in [9.17, 15) is 9.59 Å². The Balaban J connectivity index is 0.000000806. The summed E-state index contributed by atoms with van der Waals surface area (Å²) in [6, 6.07) is 18.5. The van der Waals surface area contributed by atoms with Crippen molar-refractivity contribution in [3.05, 3.63) is 78.0 Å². The third kappa shape index (κ3) is 4.98. The summed E-state index contributed by atoms with van der Waals surface area (Å²) in [4.78, 5) is 37.3. The van der Waals surface area contributed by atoms with Crippen LogP contribution in [-0.4, -0.2) is 41.1 Å². The second kappa shape index (κ2) is 10.1. The number of carbonyl (C=O) groups is 3. The van der Waals surface area contributed by atoms with Crippen molar-refractivity contribution in [2.75, 3.05) is 6.61 Å². The first-order chi connectivity index (χ1) is 14.6. The third-order valence-corrected chi connectivity index (χ3v) is 4.62. The molecule has 2 heterocycles. The minimum absolute atomic E-state index is 0.125. The fourth-order valence-corrected chi connectivity index (χ4v) is 3.29. The summed E-state index contributed by atoms with van der Waals surface area (Å²) in [7, 11) is 0. The van der Waals surface area contributed by atoms with E-state index in [1.54, 1.807) is 6.20 Å². The summed E-state index contributed by atoms with van der Waals surface area (Å²) in [5, 5.41) is 13.7. The predicted molar refractivity (Wildman–Crippen MR) is 109 cm³/mol. The topological polar surface area (TPSA) is 118 Å². The molecule has 8 nitrogen and oxygen atoms in total. The molecule has 0 saturated carbocycles. The summed E-state index contributed by atoms with van der Waals surface area (Å²) in [5.41, 5.74) is 2.69. The van der Waals surface area contributed by atoms with Crippen molar-refractivity contribution in [3.63, 3.8) is 0 Å². The zero-order valence-corrected chi connectivity index (χ0v) is 16.0. The van der Waals surface area contributed by atoms with Crippen LogP contribution in [0.15, 0.2) is 66.9 Å². The normalized spacial score (nSPS) is 17.9. The molecule has 0 aliphatic carbocycles. The highest BCUT2D eigenvalue weighted by atomic mass is 16.5. The number of ether oxygens (including phenoxy) is 1. The average Bonchev–Trinajstić information content (AvgIpc) is 2.78. The summed E-state index contributed by atoms with van der Waals surface area (Å²) in [6.07, 6.45) is 0.951. The maximum Gasteiger partial charge on any atom is 0.290 e. The number of aromatic nitrogens is 1. The molecule has 2 aromatic carbocycles. The first-order valence-corrected chi connectivity index (χ1v) is 9.28. The van der Waals surface area contributed by atoms with Crippen LogP contribution in [0.4, 0.5) is 0 Å². The fourth-order valence-electron chi connectivity index (χ4n) is 3.29. The summed E-state index contributed by atoms with van der Waals surface area (Å²) in [5.74, 6) is -0.488. The van der Waals surface area contributed by atoms with Gasteiger partial charge >= 0.3 is 0 Å². The molecule has 0 radical (unpaired) electrons. The van der Waals surface area contributed by atoms with Crippen molar-refractivity contribution in [2.24, 2.45) is 0 Å². The number of fused-ring (bicyclic) bond motifs is 1. The quantitative estimate of drug-likeness (QED) is 0.568. The van der Waals surface area contributed by atoms with E-state index in [1.165, 1.54) is 0 Å². The van der Waals surface area contributed by atoms with Gasteiger partial charge in [0.15, 0.2) is 6.10 Å². The fraction of sp³-hybridized carbons (Fsp3) is 0.182. The minimum Gasteiger partial charge on any atom is -0.483 e. The van der Waals surface area contributed by atoms with Crippen LogP contribution in [0, 0.1) is 0 Å². The van der Waals surface area contributed by atoms with Gasteiger partial charge in [-0.3, -0.25) is 19.4 Å². The van der Waals surface area contributed by atoms with Crippen molar-refractivity contribution in [1.82, 2.24) is 15.6 Å². The molecule has 1 fully saturated rings. The Bertz CT molecular complexity index is 1020. The van der Waals surface area contributed by atoms with Gasteiger partial charge in [0, 0.05) is 18.1 Å². The first kappa shape index (κ1) is 20.9. The van der Waals surface area contributed by atoms with Gasteiger partial charge in [0.25, 0.3) is 12.4 Å². The van der Waals surface area contributed by atoms with E-state index in [0.717, 1.165) is 22.0 Å². The van der Waals surface area contributed by atoms with Crippen LogP contribution in [0.1, 0.15) is 17.2 Å². The molecule has 0 bridgehead atoms. The van der Waals surface area contributed by atoms with Crippen LogP contribution in [-0.2, 0) is 25.7 Å². The Kier molecular flexibility index (Phi) is 7.07. The lowest BCUT2D eigenvalue weighted by Gasteiger charge is -2.31. The van der Waals surface area contributed by atoms with Crippen molar-refractivity contribution >= 4 is 29.2 Å². The number of carboxylic acid groups (broad SMARTS) is 1. The Morgan fingerprint density at radius 3 is 2.63 bits per heavy atom. The molecule has 30 heavy (non-hydrogen) atoms. The standard InChI is InChI=1S/C21H19N3O3.CH2O2/c25-18-13-27-20(19(24-18)14-6-2-1-3-7-14)21(26)23-12-15-10-11-22-17-9-5-4-8-16(15)17;2-1-3/h1-11,19-20H,12-13H2,(H,23,26)(H,24,25);1H,(H,2,3)/t19-,20+;/m1./s1. The van der Waals surface area contributed by atoms with Gasteiger partial charge in [-0.2, -0.15) is 0 Å². The van der Waals surface area contributed by atoms with E-state index < -0.39 is 12.1 Å². The van der Waals surface area contributed by atoms with E-state index in [1.807, 2.05) is 60.7 Å². The Morgan fingerprint density at radius 2 is 1.87 bits per heavy atom. The second-order valence-electron chi connectivity index (χ2n) is 6.50. The molecule has 0 unspecified atom stereocenters. The number of benzene rings is 2. The van der Waals surface area contributed by atoms with Gasteiger partial charge in [-0.1, -0.05) is 48.5 Å². The lowest BCUT2D eigenvalue weighted by Crippen LogP contribution is -2.52. The number of pyridine rings is 1. The lowest BCUT2D eigenvalue weighted by atomic mass is 9.99. The molecule has 1 saturated heterocycles. The molecule has 3 N–H and O–H groups in total. The van der Waals surface area contributed by atoms with Gasteiger partial charge in [-0.05, 0) is 23.3 Å². The molecule has 2 amide bonds. The van der Waals surface area contributed by atoms with E-state index in [4.69, 9.17) is 14.6 Å². The van der Waals surface area contributed by atoms with Gasteiger partial charge in [0.1, 0.15) is 6.61 Å². The molecule has 154 valence electrons. The highest BCUT2D eigenvalue weighted by Gasteiger charge is 2.35.